The van der Waals surface area contributed by atoms with Crippen LogP contribution >= 0.6 is 0 Å². The molecule has 2 aromatic heterocycles. The van der Waals surface area contributed by atoms with Crippen LogP contribution in [0, 0.1) is 6.92 Å². The summed E-state index contributed by atoms with van der Waals surface area (Å²) in [7, 11) is 1.51. The third-order valence-corrected chi connectivity index (χ3v) is 4.03. The molecule has 0 fully saturated rings. The zero-order valence-electron chi connectivity index (χ0n) is 14.4. The van der Waals surface area contributed by atoms with Gasteiger partial charge in [0.2, 0.25) is 5.88 Å². The largest absolute Gasteiger partial charge is 0.481 e. The smallest absolute Gasteiger partial charge is 0.271 e. The lowest BCUT2D eigenvalue weighted by atomic mass is 10.1. The summed E-state index contributed by atoms with van der Waals surface area (Å²) in [5.41, 5.74) is 2.86. The first-order chi connectivity index (χ1) is 12.0. The predicted octanol–water partition coefficient (Wildman–Crippen LogP) is 1.09. The molecule has 1 aliphatic rings. The molecule has 0 saturated carbocycles. The highest BCUT2D eigenvalue weighted by Crippen LogP contribution is 2.26. The molecule has 2 amide bonds. The summed E-state index contributed by atoms with van der Waals surface area (Å²) in [6.45, 7) is 5.00. The molecule has 3 rings (SSSR count). The van der Waals surface area contributed by atoms with Crippen LogP contribution in [-0.2, 0) is 13.1 Å². The molecule has 8 heteroatoms. The summed E-state index contributed by atoms with van der Waals surface area (Å²) >= 11 is 0. The number of methoxy groups -OCH3 is 1. The Hall–Kier alpha value is -3.03. The summed E-state index contributed by atoms with van der Waals surface area (Å²) in [6, 6.07) is 1.74. The van der Waals surface area contributed by atoms with Crippen molar-refractivity contribution in [2.75, 3.05) is 13.7 Å². The summed E-state index contributed by atoms with van der Waals surface area (Å²) in [5, 5.41) is 2.75. The van der Waals surface area contributed by atoms with Crippen molar-refractivity contribution in [3.63, 3.8) is 0 Å². The van der Waals surface area contributed by atoms with Gasteiger partial charge in [-0.1, -0.05) is 0 Å². The molecule has 0 atom stereocenters. The maximum absolute atomic E-state index is 12.3. The maximum atomic E-state index is 12.3. The first-order valence-corrected chi connectivity index (χ1v) is 7.96. The molecule has 0 radical (unpaired) electrons. The Morgan fingerprint density at radius 3 is 2.80 bits per heavy atom. The molecule has 0 bridgehead atoms. The number of amides is 2. The lowest BCUT2D eigenvalue weighted by molar-refractivity contribution is 0.0786. The quantitative estimate of drug-likeness (QED) is 0.874. The number of hydrogen-bond acceptors (Lipinski definition) is 6. The van der Waals surface area contributed by atoms with Crippen LogP contribution in [-0.4, -0.2) is 45.3 Å². The second-order valence-electron chi connectivity index (χ2n) is 5.70. The van der Waals surface area contributed by atoms with Crippen molar-refractivity contribution < 1.29 is 14.3 Å². The van der Waals surface area contributed by atoms with Crippen LogP contribution in [0.1, 0.15) is 44.7 Å². The van der Waals surface area contributed by atoms with Crippen molar-refractivity contribution in [3.8, 4) is 5.88 Å². The zero-order chi connectivity index (χ0) is 18.0. The van der Waals surface area contributed by atoms with Gasteiger partial charge in [0.05, 0.1) is 36.8 Å². The van der Waals surface area contributed by atoms with Crippen LogP contribution in [0.15, 0.2) is 18.5 Å². The van der Waals surface area contributed by atoms with Gasteiger partial charge in [0, 0.05) is 24.8 Å². The number of hydrogen-bond donors (Lipinski definition) is 1. The fourth-order valence-electron chi connectivity index (χ4n) is 2.64. The molecule has 1 aliphatic heterocycles. The Morgan fingerprint density at radius 1 is 1.36 bits per heavy atom. The Labute approximate surface area is 145 Å². The number of aryl methyl sites for hydroxylation is 1. The number of rotatable bonds is 5. The van der Waals surface area contributed by atoms with Gasteiger partial charge in [0.25, 0.3) is 11.8 Å². The number of pyridine rings is 1. The lowest BCUT2D eigenvalue weighted by Gasteiger charge is -2.10. The van der Waals surface area contributed by atoms with Gasteiger partial charge in [-0.05, 0) is 19.9 Å². The second-order valence-corrected chi connectivity index (χ2v) is 5.70. The van der Waals surface area contributed by atoms with E-state index in [1.165, 1.54) is 19.5 Å². The minimum Gasteiger partial charge on any atom is -0.481 e. The van der Waals surface area contributed by atoms with Gasteiger partial charge < -0.3 is 15.0 Å². The van der Waals surface area contributed by atoms with Crippen LogP contribution < -0.4 is 10.1 Å². The number of fused-ring (bicyclic) bond motifs is 1. The molecule has 8 nitrogen and oxygen atoms in total. The van der Waals surface area contributed by atoms with Crippen LogP contribution in [0.3, 0.4) is 0 Å². The van der Waals surface area contributed by atoms with E-state index >= 15 is 0 Å². The monoisotopic (exact) mass is 341 g/mol. The highest BCUT2D eigenvalue weighted by molar-refractivity contribution is 5.98. The molecule has 3 heterocycles. The van der Waals surface area contributed by atoms with Crippen LogP contribution in [0.5, 0.6) is 5.88 Å². The van der Waals surface area contributed by atoms with Gasteiger partial charge in [0.1, 0.15) is 5.69 Å². The molecule has 2 aromatic rings. The van der Waals surface area contributed by atoms with Crippen LogP contribution in [0.2, 0.25) is 0 Å². The van der Waals surface area contributed by atoms with Crippen LogP contribution in [0.25, 0.3) is 0 Å². The SMILES string of the molecule is CCN1Cc2nc(OC)c(CNC(=O)c3cnc(C)cn3)cc2C1=O. The molecule has 0 aliphatic carbocycles. The van der Waals surface area contributed by atoms with Crippen LogP contribution in [0.4, 0.5) is 0 Å². The highest BCUT2D eigenvalue weighted by atomic mass is 16.5. The summed E-state index contributed by atoms with van der Waals surface area (Å²) < 4.78 is 5.31. The number of ether oxygens (including phenoxy) is 1. The normalized spacial score (nSPS) is 12.9. The highest BCUT2D eigenvalue weighted by Gasteiger charge is 2.29. The van der Waals surface area contributed by atoms with E-state index in [-0.39, 0.29) is 24.1 Å². The summed E-state index contributed by atoms with van der Waals surface area (Å²) in [4.78, 5) is 38.7. The zero-order valence-corrected chi connectivity index (χ0v) is 14.4. The molecule has 130 valence electrons. The third kappa shape index (κ3) is 3.28. The maximum Gasteiger partial charge on any atom is 0.271 e. The molecule has 0 saturated heterocycles. The van der Waals surface area contributed by atoms with Gasteiger partial charge in [-0.2, -0.15) is 0 Å². The first-order valence-electron chi connectivity index (χ1n) is 7.96. The van der Waals surface area contributed by atoms with E-state index in [4.69, 9.17) is 4.74 Å². The molecule has 0 unspecified atom stereocenters. The van der Waals surface area contributed by atoms with Gasteiger partial charge >= 0.3 is 0 Å². The number of carbonyl (C=O) groups excluding carboxylic acids is 2. The van der Waals surface area contributed by atoms with E-state index < -0.39 is 0 Å². The van der Waals surface area contributed by atoms with Gasteiger partial charge in [0.15, 0.2) is 0 Å². The summed E-state index contributed by atoms with van der Waals surface area (Å²) in [6.07, 6.45) is 2.95. The average molecular weight is 341 g/mol. The van der Waals surface area contributed by atoms with Crippen molar-refractivity contribution in [2.24, 2.45) is 0 Å². The van der Waals surface area contributed by atoms with Gasteiger partial charge in [-0.15, -0.1) is 0 Å². The Kier molecular flexibility index (Phi) is 4.60. The van der Waals surface area contributed by atoms with Crippen molar-refractivity contribution >= 4 is 11.8 Å². The minimum atomic E-state index is -0.350. The molecular formula is C17H19N5O3. The molecule has 1 N–H and O–H groups in total. The molecule has 0 spiro atoms. The Morgan fingerprint density at radius 2 is 2.16 bits per heavy atom. The number of nitrogens with one attached hydrogen (secondary N) is 1. The Balaban J connectivity index is 1.79. The lowest BCUT2D eigenvalue weighted by Crippen LogP contribution is -2.25. The van der Waals surface area contributed by atoms with E-state index in [9.17, 15) is 9.59 Å². The van der Waals surface area contributed by atoms with E-state index in [0.29, 0.717) is 35.8 Å². The van der Waals surface area contributed by atoms with E-state index in [1.54, 1.807) is 17.9 Å². The van der Waals surface area contributed by atoms with E-state index in [2.05, 4.69) is 20.3 Å². The number of aromatic nitrogens is 3. The molecule has 25 heavy (non-hydrogen) atoms. The molecule has 0 aromatic carbocycles. The van der Waals surface area contributed by atoms with Gasteiger partial charge in [-0.25, -0.2) is 9.97 Å². The number of nitrogens with zero attached hydrogens (tertiary/aromatic N) is 4. The molecular weight excluding hydrogens is 322 g/mol. The number of carbonyl (C=O) groups is 2. The average Bonchev–Trinajstić information content (AvgIpc) is 2.94. The summed E-state index contributed by atoms with van der Waals surface area (Å²) in [5.74, 6) is 0.000914. The Bertz CT molecular complexity index is 820. The third-order valence-electron chi connectivity index (χ3n) is 4.03. The van der Waals surface area contributed by atoms with E-state index in [1.807, 2.05) is 6.92 Å². The van der Waals surface area contributed by atoms with Crippen molar-refractivity contribution in [3.05, 3.63) is 46.7 Å². The topological polar surface area (TPSA) is 97.3 Å². The fraction of sp³-hybridized carbons (Fsp3) is 0.353. The second kappa shape index (κ2) is 6.84. The van der Waals surface area contributed by atoms with Crippen molar-refractivity contribution in [2.45, 2.75) is 26.9 Å². The van der Waals surface area contributed by atoms with Crippen molar-refractivity contribution in [1.82, 2.24) is 25.2 Å². The fourth-order valence-corrected chi connectivity index (χ4v) is 2.64. The minimum absolute atomic E-state index is 0.0513. The standard InChI is InChI=1S/C17H19N5O3/c1-4-22-9-14-12(17(22)24)5-11(16(21-14)25-3)7-20-15(23)13-8-18-10(2)6-19-13/h5-6,8H,4,7,9H2,1-3H3,(H,20,23). The van der Waals surface area contributed by atoms with Gasteiger partial charge in [-0.3, -0.25) is 14.6 Å². The first kappa shape index (κ1) is 16.8. The predicted molar refractivity (Wildman–Crippen MR) is 89.1 cm³/mol. The van der Waals surface area contributed by atoms with Crippen molar-refractivity contribution in [1.29, 1.82) is 0 Å². The van der Waals surface area contributed by atoms with E-state index in [0.717, 1.165) is 5.69 Å².